The van der Waals surface area contributed by atoms with E-state index < -0.39 is 0 Å². The molecule has 0 saturated heterocycles. The van der Waals surface area contributed by atoms with Gasteiger partial charge in [-0.2, -0.15) is 0 Å². The second-order valence-corrected chi connectivity index (χ2v) is 5.22. The lowest BCUT2D eigenvalue weighted by Gasteiger charge is -2.15. The summed E-state index contributed by atoms with van der Waals surface area (Å²) in [6, 6.07) is 15.1. The minimum absolute atomic E-state index is 0.0555. The van der Waals surface area contributed by atoms with E-state index in [-0.39, 0.29) is 18.3 Å². The van der Waals surface area contributed by atoms with Crippen molar-refractivity contribution in [1.82, 2.24) is 0 Å². The van der Waals surface area contributed by atoms with Gasteiger partial charge in [-0.1, -0.05) is 40.2 Å². The number of rotatable bonds is 4. The number of aromatic hydroxyl groups is 1. The Hall–Kier alpha value is -1.32. The Kier molecular flexibility index (Phi) is 4.39. The fraction of sp³-hybridized carbons (Fsp3) is 0.200. The van der Waals surface area contributed by atoms with Crippen LogP contribution in [-0.2, 0) is 6.42 Å². The summed E-state index contributed by atoms with van der Waals surface area (Å²) in [6.45, 7) is 0.0945. The van der Waals surface area contributed by atoms with Crippen LogP contribution in [0.15, 0.2) is 53.0 Å². The summed E-state index contributed by atoms with van der Waals surface area (Å²) >= 11 is 3.40. The van der Waals surface area contributed by atoms with Crippen LogP contribution in [0.1, 0.15) is 17.0 Å². The molecule has 3 heteroatoms. The zero-order valence-electron chi connectivity index (χ0n) is 9.88. The topological polar surface area (TPSA) is 40.5 Å². The van der Waals surface area contributed by atoms with Crippen LogP contribution >= 0.6 is 15.9 Å². The van der Waals surface area contributed by atoms with Crippen LogP contribution in [-0.4, -0.2) is 16.8 Å². The molecule has 0 aromatic heterocycles. The van der Waals surface area contributed by atoms with Gasteiger partial charge in [0.25, 0.3) is 0 Å². The van der Waals surface area contributed by atoms with E-state index in [9.17, 15) is 10.2 Å². The zero-order valence-corrected chi connectivity index (χ0v) is 11.5. The van der Waals surface area contributed by atoms with E-state index in [4.69, 9.17) is 0 Å². The van der Waals surface area contributed by atoms with E-state index in [1.807, 2.05) is 36.4 Å². The third kappa shape index (κ3) is 3.34. The van der Waals surface area contributed by atoms with Gasteiger partial charge < -0.3 is 10.2 Å². The lowest BCUT2D eigenvalue weighted by atomic mass is 9.93. The van der Waals surface area contributed by atoms with Crippen molar-refractivity contribution in [2.75, 3.05) is 6.61 Å². The number of benzene rings is 2. The Labute approximate surface area is 115 Å². The first-order valence-electron chi connectivity index (χ1n) is 5.83. The Morgan fingerprint density at radius 2 is 1.78 bits per heavy atom. The summed E-state index contributed by atoms with van der Waals surface area (Å²) in [6.07, 6.45) is 0.715. The van der Waals surface area contributed by atoms with Crippen LogP contribution in [0.2, 0.25) is 0 Å². The van der Waals surface area contributed by atoms with Crippen molar-refractivity contribution < 1.29 is 10.2 Å². The van der Waals surface area contributed by atoms with Gasteiger partial charge in [-0.3, -0.25) is 0 Å². The van der Waals surface area contributed by atoms with Crippen molar-refractivity contribution in [3.05, 3.63) is 64.1 Å². The van der Waals surface area contributed by atoms with Crippen molar-refractivity contribution in [2.24, 2.45) is 0 Å². The summed E-state index contributed by atoms with van der Waals surface area (Å²) in [5, 5.41) is 18.9. The molecule has 0 spiro atoms. The smallest absolute Gasteiger partial charge is 0.115 e. The molecule has 0 aliphatic carbocycles. The van der Waals surface area contributed by atoms with E-state index >= 15 is 0 Å². The Bertz CT molecular complexity index is 508. The van der Waals surface area contributed by atoms with Crippen molar-refractivity contribution in [3.63, 3.8) is 0 Å². The van der Waals surface area contributed by atoms with Crippen molar-refractivity contribution >= 4 is 15.9 Å². The fourth-order valence-corrected chi connectivity index (χ4v) is 2.26. The lowest BCUT2D eigenvalue weighted by molar-refractivity contribution is 0.264. The van der Waals surface area contributed by atoms with Crippen LogP contribution in [0.3, 0.4) is 0 Å². The minimum atomic E-state index is 0.0555. The largest absolute Gasteiger partial charge is 0.508 e. The van der Waals surface area contributed by atoms with Gasteiger partial charge in [0.05, 0.1) is 6.61 Å². The van der Waals surface area contributed by atoms with Crippen LogP contribution < -0.4 is 0 Å². The zero-order chi connectivity index (χ0) is 13.0. The average Bonchev–Trinajstić information content (AvgIpc) is 2.37. The molecule has 0 amide bonds. The molecule has 94 valence electrons. The summed E-state index contributed by atoms with van der Waals surface area (Å²) in [4.78, 5) is 0. The number of phenols is 1. The van der Waals surface area contributed by atoms with E-state index in [1.165, 1.54) is 0 Å². The maximum absolute atomic E-state index is 9.51. The molecular weight excluding hydrogens is 292 g/mol. The van der Waals surface area contributed by atoms with E-state index in [2.05, 4.69) is 15.9 Å². The van der Waals surface area contributed by atoms with Crippen molar-refractivity contribution in [3.8, 4) is 5.75 Å². The molecule has 0 fully saturated rings. The predicted octanol–water partition coefficient (Wildman–Crippen LogP) is 3.47. The van der Waals surface area contributed by atoms with Gasteiger partial charge in [0.1, 0.15) is 5.75 Å². The summed E-state index contributed by atoms with van der Waals surface area (Å²) in [5.41, 5.74) is 2.13. The average molecular weight is 307 g/mol. The molecule has 0 aliphatic heterocycles. The number of aliphatic hydroxyl groups is 1. The maximum atomic E-state index is 9.51. The summed E-state index contributed by atoms with van der Waals surface area (Å²) in [5.74, 6) is 0.319. The van der Waals surface area contributed by atoms with Gasteiger partial charge in [0, 0.05) is 10.4 Å². The van der Waals surface area contributed by atoms with E-state index in [1.54, 1.807) is 12.1 Å². The molecule has 1 unspecified atom stereocenters. The number of aliphatic hydroxyl groups excluding tert-OH is 1. The van der Waals surface area contributed by atoms with Gasteiger partial charge in [-0.05, 0) is 41.8 Å². The number of phenolic OH excluding ortho intramolecular Hbond substituents is 1. The molecule has 2 nitrogen and oxygen atoms in total. The first kappa shape index (κ1) is 13.1. The quantitative estimate of drug-likeness (QED) is 0.908. The van der Waals surface area contributed by atoms with Gasteiger partial charge in [-0.25, -0.2) is 0 Å². The van der Waals surface area contributed by atoms with Crippen LogP contribution in [0.4, 0.5) is 0 Å². The van der Waals surface area contributed by atoms with Gasteiger partial charge in [0.2, 0.25) is 0 Å². The fourth-order valence-electron chi connectivity index (χ4n) is 1.99. The van der Waals surface area contributed by atoms with Crippen LogP contribution in [0, 0.1) is 0 Å². The maximum Gasteiger partial charge on any atom is 0.115 e. The minimum Gasteiger partial charge on any atom is -0.508 e. The molecule has 18 heavy (non-hydrogen) atoms. The van der Waals surface area contributed by atoms with Crippen molar-refractivity contribution in [2.45, 2.75) is 12.3 Å². The molecule has 0 aliphatic rings. The number of hydrogen-bond acceptors (Lipinski definition) is 2. The summed E-state index contributed by atoms with van der Waals surface area (Å²) in [7, 11) is 0. The van der Waals surface area contributed by atoms with E-state index in [0.29, 0.717) is 6.42 Å². The van der Waals surface area contributed by atoms with Gasteiger partial charge >= 0.3 is 0 Å². The third-order valence-electron chi connectivity index (χ3n) is 2.95. The molecule has 2 aromatic rings. The number of hydrogen-bond donors (Lipinski definition) is 2. The Morgan fingerprint density at radius 1 is 1.06 bits per heavy atom. The van der Waals surface area contributed by atoms with E-state index in [0.717, 1.165) is 15.6 Å². The monoisotopic (exact) mass is 306 g/mol. The molecule has 2 rings (SSSR count). The standard InChI is InChI=1S/C15H15BrO2/c16-14-6-4-12(5-7-14)13(10-17)8-11-2-1-3-15(18)9-11/h1-7,9,13,17-18H,8,10H2. The molecule has 1 atom stereocenters. The predicted molar refractivity (Wildman–Crippen MR) is 75.8 cm³/mol. The first-order chi connectivity index (χ1) is 8.69. The summed E-state index contributed by atoms with van der Waals surface area (Å²) < 4.78 is 1.03. The SMILES string of the molecule is OCC(Cc1cccc(O)c1)c1ccc(Br)cc1. The van der Waals surface area contributed by atoms with Crippen LogP contribution in [0.5, 0.6) is 5.75 Å². The molecule has 2 aromatic carbocycles. The molecule has 0 bridgehead atoms. The number of halogens is 1. The molecular formula is C15H15BrO2. The molecule has 0 heterocycles. The van der Waals surface area contributed by atoms with Crippen LogP contribution in [0.25, 0.3) is 0 Å². The second-order valence-electron chi connectivity index (χ2n) is 4.31. The lowest BCUT2D eigenvalue weighted by Crippen LogP contribution is -2.07. The Balaban J connectivity index is 2.17. The first-order valence-corrected chi connectivity index (χ1v) is 6.62. The highest BCUT2D eigenvalue weighted by Gasteiger charge is 2.11. The second kappa shape index (κ2) is 6.03. The van der Waals surface area contributed by atoms with Crippen molar-refractivity contribution in [1.29, 1.82) is 0 Å². The third-order valence-corrected chi connectivity index (χ3v) is 3.48. The highest BCUT2D eigenvalue weighted by Crippen LogP contribution is 2.23. The van der Waals surface area contributed by atoms with Gasteiger partial charge in [-0.15, -0.1) is 0 Å². The Morgan fingerprint density at radius 3 is 2.39 bits per heavy atom. The molecule has 2 N–H and O–H groups in total. The molecule has 0 saturated carbocycles. The molecule has 0 radical (unpaired) electrons. The normalized spacial score (nSPS) is 12.3. The highest BCUT2D eigenvalue weighted by atomic mass is 79.9. The van der Waals surface area contributed by atoms with Gasteiger partial charge in [0.15, 0.2) is 0 Å². The highest BCUT2D eigenvalue weighted by molar-refractivity contribution is 9.10.